The molecule has 0 bridgehead atoms. The Bertz CT molecular complexity index is 1020. The van der Waals surface area contributed by atoms with Gasteiger partial charge in [0.05, 0.1) is 0 Å². The van der Waals surface area contributed by atoms with Crippen molar-refractivity contribution in [1.82, 2.24) is 10.2 Å². The number of amides is 2. The Morgan fingerprint density at radius 3 is 2.64 bits per heavy atom. The average molecular weight is 491 g/mol. The summed E-state index contributed by atoms with van der Waals surface area (Å²) in [5.74, 6) is 0.785. The van der Waals surface area contributed by atoms with Crippen molar-refractivity contribution in [2.24, 2.45) is 5.92 Å². The predicted molar refractivity (Wildman–Crippen MR) is 128 cm³/mol. The fourth-order valence-electron chi connectivity index (χ4n) is 4.58. The number of hydrogen-bond donors (Lipinski definition) is 1. The van der Waals surface area contributed by atoms with Crippen LogP contribution in [-0.4, -0.2) is 35.4 Å². The molecule has 0 spiro atoms. The second kappa shape index (κ2) is 10.7. The lowest BCUT2D eigenvalue weighted by molar-refractivity contribution is -0.140. The van der Waals surface area contributed by atoms with E-state index in [2.05, 4.69) is 12.2 Å². The van der Waals surface area contributed by atoms with Crippen LogP contribution in [0.5, 0.6) is 11.5 Å². The first-order chi connectivity index (χ1) is 16.0. The normalized spacial score (nSPS) is 20.2. The number of nitrogens with one attached hydrogen (secondary N) is 1. The molecule has 2 aromatic rings. The van der Waals surface area contributed by atoms with Gasteiger partial charge in [0.15, 0.2) is 11.5 Å². The van der Waals surface area contributed by atoms with Gasteiger partial charge in [-0.25, -0.2) is 0 Å². The molecule has 1 saturated carbocycles. The molecule has 2 aromatic carbocycles. The first kappa shape index (κ1) is 23.7. The standard InChI is InChI=1S/C25H28Cl2N2O4/c1-16-6-2-5-9-20(16)28-25(31)24(18-7-3-4-8-19(18)27)29(23(30)13-26)14-17-10-11-21-22(12-17)33-15-32-21/h3-4,7-8,10-12,16,20,24H,2,5-6,9,13-15H2,1H3,(H,28,31)/t16-,20+,24+/m1/s1. The molecule has 1 N–H and O–H groups in total. The molecule has 4 rings (SSSR count). The highest BCUT2D eigenvalue weighted by Crippen LogP contribution is 2.35. The quantitative estimate of drug-likeness (QED) is 0.549. The van der Waals surface area contributed by atoms with Crippen LogP contribution in [0.25, 0.3) is 0 Å². The van der Waals surface area contributed by atoms with Gasteiger partial charge in [0.1, 0.15) is 11.9 Å². The van der Waals surface area contributed by atoms with Crippen molar-refractivity contribution in [2.75, 3.05) is 12.7 Å². The van der Waals surface area contributed by atoms with Crippen LogP contribution in [0.4, 0.5) is 0 Å². The van der Waals surface area contributed by atoms with Crippen LogP contribution in [0.2, 0.25) is 5.02 Å². The summed E-state index contributed by atoms with van der Waals surface area (Å²) in [5, 5.41) is 3.63. The minimum absolute atomic E-state index is 0.0646. The monoisotopic (exact) mass is 490 g/mol. The minimum Gasteiger partial charge on any atom is -0.454 e. The summed E-state index contributed by atoms with van der Waals surface area (Å²) in [7, 11) is 0. The topological polar surface area (TPSA) is 67.9 Å². The summed E-state index contributed by atoms with van der Waals surface area (Å²) in [5.41, 5.74) is 1.37. The van der Waals surface area contributed by atoms with E-state index in [0.717, 1.165) is 24.8 Å². The van der Waals surface area contributed by atoms with E-state index < -0.39 is 6.04 Å². The summed E-state index contributed by atoms with van der Waals surface area (Å²) in [6.45, 7) is 2.49. The highest BCUT2D eigenvalue weighted by molar-refractivity contribution is 6.31. The maximum atomic E-state index is 13.7. The van der Waals surface area contributed by atoms with Crippen LogP contribution >= 0.6 is 23.2 Å². The maximum absolute atomic E-state index is 13.7. The second-order valence-corrected chi connectivity index (χ2v) is 9.32. The van der Waals surface area contributed by atoms with Crippen LogP contribution in [0, 0.1) is 5.92 Å². The minimum atomic E-state index is -0.913. The number of halogens is 2. The molecule has 6 nitrogen and oxygen atoms in total. The molecular formula is C25H28Cl2N2O4. The zero-order valence-electron chi connectivity index (χ0n) is 18.6. The van der Waals surface area contributed by atoms with Gasteiger partial charge in [-0.15, -0.1) is 11.6 Å². The molecule has 176 valence electrons. The van der Waals surface area contributed by atoms with E-state index in [-0.39, 0.29) is 37.1 Å². The molecule has 2 aliphatic rings. The van der Waals surface area contributed by atoms with Gasteiger partial charge < -0.3 is 19.7 Å². The van der Waals surface area contributed by atoms with Gasteiger partial charge in [-0.2, -0.15) is 0 Å². The molecular weight excluding hydrogens is 463 g/mol. The van der Waals surface area contributed by atoms with Crippen molar-refractivity contribution in [2.45, 2.75) is 51.2 Å². The Morgan fingerprint density at radius 2 is 1.88 bits per heavy atom. The van der Waals surface area contributed by atoms with E-state index in [1.807, 2.05) is 18.2 Å². The lowest BCUT2D eigenvalue weighted by atomic mass is 9.85. The first-order valence-corrected chi connectivity index (χ1v) is 12.2. The molecule has 1 fully saturated rings. The van der Waals surface area contributed by atoms with Crippen LogP contribution in [0.15, 0.2) is 42.5 Å². The van der Waals surface area contributed by atoms with Crippen LogP contribution < -0.4 is 14.8 Å². The van der Waals surface area contributed by atoms with Crippen molar-refractivity contribution >= 4 is 35.0 Å². The number of rotatable bonds is 7. The lowest BCUT2D eigenvalue weighted by Gasteiger charge is -2.35. The third-order valence-corrected chi connectivity index (χ3v) is 7.00. The smallest absolute Gasteiger partial charge is 0.247 e. The molecule has 0 aromatic heterocycles. The van der Waals surface area contributed by atoms with Gasteiger partial charge in [0, 0.05) is 23.2 Å². The molecule has 1 aliphatic heterocycles. The summed E-state index contributed by atoms with van der Waals surface area (Å²) < 4.78 is 10.9. The van der Waals surface area contributed by atoms with E-state index in [0.29, 0.717) is 28.0 Å². The van der Waals surface area contributed by atoms with Crippen molar-refractivity contribution in [3.8, 4) is 11.5 Å². The molecule has 3 atom stereocenters. The van der Waals surface area contributed by atoms with Gasteiger partial charge in [-0.05, 0) is 42.5 Å². The van der Waals surface area contributed by atoms with Crippen molar-refractivity contribution < 1.29 is 19.1 Å². The first-order valence-electron chi connectivity index (χ1n) is 11.3. The fourth-order valence-corrected chi connectivity index (χ4v) is 4.97. The van der Waals surface area contributed by atoms with E-state index >= 15 is 0 Å². The third kappa shape index (κ3) is 5.39. The molecule has 1 aliphatic carbocycles. The van der Waals surface area contributed by atoms with E-state index in [1.54, 1.807) is 24.3 Å². The van der Waals surface area contributed by atoms with E-state index in [4.69, 9.17) is 32.7 Å². The fraction of sp³-hybridized carbons (Fsp3) is 0.440. The zero-order valence-corrected chi connectivity index (χ0v) is 20.1. The van der Waals surface area contributed by atoms with Crippen molar-refractivity contribution in [1.29, 1.82) is 0 Å². The van der Waals surface area contributed by atoms with Crippen LogP contribution in [0.1, 0.15) is 49.8 Å². The Morgan fingerprint density at radius 1 is 1.12 bits per heavy atom. The lowest BCUT2D eigenvalue weighted by Crippen LogP contribution is -2.49. The van der Waals surface area contributed by atoms with Gasteiger partial charge in [-0.3, -0.25) is 9.59 Å². The Labute approximate surface area is 204 Å². The Kier molecular flexibility index (Phi) is 7.66. The average Bonchev–Trinajstić information content (AvgIpc) is 3.29. The molecule has 0 saturated heterocycles. The number of alkyl halides is 1. The number of fused-ring (bicyclic) bond motifs is 1. The molecule has 2 amide bonds. The highest BCUT2D eigenvalue weighted by Gasteiger charge is 2.35. The number of carbonyl (C=O) groups excluding carboxylic acids is 2. The van der Waals surface area contributed by atoms with Gasteiger partial charge >= 0.3 is 0 Å². The molecule has 33 heavy (non-hydrogen) atoms. The summed E-state index contributed by atoms with van der Waals surface area (Å²) in [6.07, 6.45) is 4.24. The molecule has 1 heterocycles. The van der Waals surface area contributed by atoms with Crippen molar-refractivity contribution in [3.05, 3.63) is 58.6 Å². The van der Waals surface area contributed by atoms with Gasteiger partial charge in [0.2, 0.25) is 18.6 Å². The second-order valence-electron chi connectivity index (χ2n) is 8.64. The SMILES string of the molecule is C[C@@H]1CCCC[C@@H]1NC(=O)[C@H](c1ccccc1Cl)N(Cc1ccc2c(c1)OCO2)C(=O)CCl. The summed E-state index contributed by atoms with van der Waals surface area (Å²) in [6, 6.07) is 11.8. The zero-order chi connectivity index (χ0) is 23.4. The predicted octanol–water partition coefficient (Wildman–Crippen LogP) is 5.07. The number of nitrogens with zero attached hydrogens (tertiary/aromatic N) is 1. The van der Waals surface area contributed by atoms with Gasteiger partial charge in [-0.1, -0.05) is 55.6 Å². The number of hydrogen-bond acceptors (Lipinski definition) is 4. The summed E-state index contributed by atoms with van der Waals surface area (Å²) in [4.78, 5) is 28.2. The highest BCUT2D eigenvalue weighted by atomic mass is 35.5. The Hall–Kier alpha value is -2.44. The van der Waals surface area contributed by atoms with Crippen molar-refractivity contribution in [3.63, 3.8) is 0 Å². The summed E-state index contributed by atoms with van der Waals surface area (Å²) >= 11 is 12.5. The van der Waals surface area contributed by atoms with E-state index in [9.17, 15) is 9.59 Å². The number of ether oxygens (including phenoxy) is 2. The van der Waals surface area contributed by atoms with Gasteiger partial charge in [0.25, 0.3) is 0 Å². The maximum Gasteiger partial charge on any atom is 0.247 e. The largest absolute Gasteiger partial charge is 0.454 e. The number of carbonyl (C=O) groups is 2. The molecule has 0 unspecified atom stereocenters. The Balaban J connectivity index is 1.68. The van der Waals surface area contributed by atoms with Crippen LogP contribution in [0.3, 0.4) is 0 Å². The number of benzene rings is 2. The third-order valence-electron chi connectivity index (χ3n) is 6.42. The molecule has 0 radical (unpaired) electrons. The molecule has 8 heteroatoms. The van der Waals surface area contributed by atoms with E-state index in [1.165, 1.54) is 11.3 Å². The van der Waals surface area contributed by atoms with Crippen LogP contribution in [-0.2, 0) is 16.1 Å².